The third kappa shape index (κ3) is 5.36. The molecule has 0 amide bonds. The van der Waals surface area contributed by atoms with E-state index in [1.165, 1.54) is 0 Å². The van der Waals surface area contributed by atoms with Gasteiger partial charge < -0.3 is 14.9 Å². The van der Waals surface area contributed by atoms with E-state index in [-0.39, 0.29) is 24.0 Å². The van der Waals surface area contributed by atoms with Crippen molar-refractivity contribution in [1.82, 2.24) is 0 Å². The second kappa shape index (κ2) is 8.06. The van der Waals surface area contributed by atoms with Gasteiger partial charge in [0, 0.05) is 10.8 Å². The summed E-state index contributed by atoms with van der Waals surface area (Å²) in [6, 6.07) is 0. The highest BCUT2D eigenvalue weighted by Crippen LogP contribution is 2.28. The summed E-state index contributed by atoms with van der Waals surface area (Å²) in [5, 5.41) is 18.8. The molecule has 0 aromatic heterocycles. The Hall–Kier alpha value is -0.120. The summed E-state index contributed by atoms with van der Waals surface area (Å²) in [5.74, 6) is 0. The molecule has 0 fully saturated rings. The minimum Gasteiger partial charge on any atom is -0.396 e. The Bertz CT molecular complexity index is 182. The Morgan fingerprint density at radius 3 is 1.88 bits per heavy atom. The van der Waals surface area contributed by atoms with E-state index in [1.54, 1.807) is 0 Å². The minimum absolute atomic E-state index is 0.109. The maximum Gasteiger partial charge on any atom is 0.0544 e. The Morgan fingerprint density at radius 2 is 1.53 bits per heavy atom. The van der Waals surface area contributed by atoms with Crippen molar-refractivity contribution in [1.29, 1.82) is 0 Å². The van der Waals surface area contributed by atoms with Gasteiger partial charge in [-0.05, 0) is 19.3 Å². The zero-order valence-corrected chi connectivity index (χ0v) is 12.0. The van der Waals surface area contributed by atoms with Crippen LogP contribution in [0.1, 0.15) is 53.4 Å². The van der Waals surface area contributed by atoms with Crippen molar-refractivity contribution < 1.29 is 14.9 Å². The third-order valence-electron chi connectivity index (χ3n) is 3.93. The van der Waals surface area contributed by atoms with Crippen LogP contribution >= 0.6 is 0 Å². The Morgan fingerprint density at radius 1 is 0.941 bits per heavy atom. The lowest BCUT2D eigenvalue weighted by atomic mass is 9.84. The first-order valence-electron chi connectivity index (χ1n) is 6.81. The van der Waals surface area contributed by atoms with E-state index in [0.717, 1.165) is 25.7 Å². The van der Waals surface area contributed by atoms with Crippen LogP contribution in [0, 0.1) is 10.8 Å². The molecule has 0 radical (unpaired) electrons. The standard InChI is InChI=1S/C14H30O3/c1-5-8-13(4,9-15)11-17-12-14(6-2,7-3)10-16/h15-16H,5-12H2,1-4H3. The molecule has 0 aliphatic carbocycles. The van der Waals surface area contributed by atoms with Crippen molar-refractivity contribution in [2.75, 3.05) is 26.4 Å². The number of ether oxygens (including phenoxy) is 1. The molecule has 0 rings (SSSR count). The number of aliphatic hydroxyl groups is 2. The van der Waals surface area contributed by atoms with Crippen molar-refractivity contribution >= 4 is 0 Å². The van der Waals surface area contributed by atoms with Crippen molar-refractivity contribution in [3.63, 3.8) is 0 Å². The quantitative estimate of drug-likeness (QED) is 0.623. The van der Waals surface area contributed by atoms with Crippen LogP contribution in [0.25, 0.3) is 0 Å². The van der Waals surface area contributed by atoms with Crippen molar-refractivity contribution in [2.45, 2.75) is 53.4 Å². The molecule has 1 atom stereocenters. The topological polar surface area (TPSA) is 49.7 Å². The predicted octanol–water partition coefficient (Wildman–Crippen LogP) is 2.60. The van der Waals surface area contributed by atoms with Gasteiger partial charge in [0.25, 0.3) is 0 Å². The second-order valence-corrected chi connectivity index (χ2v) is 5.58. The summed E-state index contributed by atoms with van der Waals surface area (Å²) in [4.78, 5) is 0. The summed E-state index contributed by atoms with van der Waals surface area (Å²) in [7, 11) is 0. The zero-order chi connectivity index (χ0) is 13.4. The Labute approximate surface area is 106 Å². The van der Waals surface area contributed by atoms with Crippen LogP contribution in [0.15, 0.2) is 0 Å². The molecule has 3 nitrogen and oxygen atoms in total. The highest BCUT2D eigenvalue weighted by molar-refractivity contribution is 4.77. The Balaban J connectivity index is 4.18. The summed E-state index contributed by atoms with van der Waals surface area (Å²) >= 11 is 0. The normalized spacial score (nSPS) is 15.9. The van der Waals surface area contributed by atoms with E-state index in [0.29, 0.717) is 13.2 Å². The molecular weight excluding hydrogens is 216 g/mol. The van der Waals surface area contributed by atoms with E-state index < -0.39 is 0 Å². The molecule has 0 saturated carbocycles. The summed E-state index contributed by atoms with van der Waals surface area (Å²) in [5.41, 5.74) is -0.250. The summed E-state index contributed by atoms with van der Waals surface area (Å²) in [6.45, 7) is 9.81. The molecule has 0 heterocycles. The van der Waals surface area contributed by atoms with Crippen LogP contribution in [0.5, 0.6) is 0 Å². The van der Waals surface area contributed by atoms with Crippen molar-refractivity contribution in [2.24, 2.45) is 10.8 Å². The van der Waals surface area contributed by atoms with Gasteiger partial charge in [-0.25, -0.2) is 0 Å². The smallest absolute Gasteiger partial charge is 0.0544 e. The number of hydrogen-bond donors (Lipinski definition) is 2. The van der Waals surface area contributed by atoms with Crippen LogP contribution < -0.4 is 0 Å². The molecule has 0 aromatic rings. The van der Waals surface area contributed by atoms with E-state index in [2.05, 4.69) is 27.7 Å². The maximum atomic E-state index is 9.44. The van der Waals surface area contributed by atoms with E-state index in [1.807, 2.05) is 0 Å². The fourth-order valence-electron chi connectivity index (χ4n) is 2.04. The number of aliphatic hydroxyl groups excluding tert-OH is 2. The van der Waals surface area contributed by atoms with Crippen LogP contribution in [-0.2, 0) is 4.74 Å². The fraction of sp³-hybridized carbons (Fsp3) is 1.00. The van der Waals surface area contributed by atoms with Crippen LogP contribution in [0.2, 0.25) is 0 Å². The van der Waals surface area contributed by atoms with Gasteiger partial charge in [0.1, 0.15) is 0 Å². The van der Waals surface area contributed by atoms with Gasteiger partial charge in [-0.2, -0.15) is 0 Å². The predicted molar refractivity (Wildman–Crippen MR) is 71.0 cm³/mol. The summed E-state index contributed by atoms with van der Waals surface area (Å²) in [6.07, 6.45) is 3.86. The van der Waals surface area contributed by atoms with Gasteiger partial charge in [-0.1, -0.05) is 34.1 Å². The number of hydrogen-bond acceptors (Lipinski definition) is 3. The molecule has 0 saturated heterocycles. The molecule has 3 heteroatoms. The monoisotopic (exact) mass is 246 g/mol. The lowest BCUT2D eigenvalue weighted by Crippen LogP contribution is -2.34. The van der Waals surface area contributed by atoms with Gasteiger partial charge in [0.05, 0.1) is 26.4 Å². The van der Waals surface area contributed by atoms with Gasteiger partial charge in [-0.3, -0.25) is 0 Å². The lowest BCUT2D eigenvalue weighted by Gasteiger charge is -2.32. The van der Waals surface area contributed by atoms with Crippen molar-refractivity contribution in [3.05, 3.63) is 0 Å². The largest absolute Gasteiger partial charge is 0.396 e. The number of rotatable bonds is 10. The minimum atomic E-state index is -0.141. The van der Waals surface area contributed by atoms with Crippen LogP contribution in [-0.4, -0.2) is 36.6 Å². The first kappa shape index (κ1) is 16.9. The molecule has 0 spiro atoms. The van der Waals surface area contributed by atoms with E-state index in [4.69, 9.17) is 4.74 Å². The van der Waals surface area contributed by atoms with Gasteiger partial charge >= 0.3 is 0 Å². The van der Waals surface area contributed by atoms with E-state index in [9.17, 15) is 10.2 Å². The van der Waals surface area contributed by atoms with E-state index >= 15 is 0 Å². The molecule has 104 valence electrons. The zero-order valence-electron chi connectivity index (χ0n) is 12.0. The van der Waals surface area contributed by atoms with Gasteiger partial charge in [0.2, 0.25) is 0 Å². The molecule has 2 N–H and O–H groups in total. The first-order chi connectivity index (χ1) is 8.01. The fourth-order valence-corrected chi connectivity index (χ4v) is 2.04. The third-order valence-corrected chi connectivity index (χ3v) is 3.93. The molecule has 17 heavy (non-hydrogen) atoms. The Kier molecular flexibility index (Phi) is 8.01. The average molecular weight is 246 g/mol. The van der Waals surface area contributed by atoms with Crippen LogP contribution in [0.4, 0.5) is 0 Å². The van der Waals surface area contributed by atoms with Crippen LogP contribution in [0.3, 0.4) is 0 Å². The highest BCUT2D eigenvalue weighted by Gasteiger charge is 2.28. The molecular formula is C14H30O3. The molecule has 0 bridgehead atoms. The van der Waals surface area contributed by atoms with Crippen molar-refractivity contribution in [3.8, 4) is 0 Å². The van der Waals surface area contributed by atoms with Gasteiger partial charge in [-0.15, -0.1) is 0 Å². The van der Waals surface area contributed by atoms with Gasteiger partial charge in [0.15, 0.2) is 0 Å². The average Bonchev–Trinajstić information content (AvgIpc) is 2.36. The molecule has 1 unspecified atom stereocenters. The lowest BCUT2D eigenvalue weighted by molar-refractivity contribution is -0.0446. The molecule has 0 aliphatic heterocycles. The highest BCUT2D eigenvalue weighted by atomic mass is 16.5. The molecule has 0 aromatic carbocycles. The second-order valence-electron chi connectivity index (χ2n) is 5.58. The maximum absolute atomic E-state index is 9.44. The molecule has 0 aliphatic rings. The summed E-state index contributed by atoms with van der Waals surface area (Å²) < 4.78 is 5.76. The SMILES string of the molecule is CCCC(C)(CO)COCC(CC)(CC)CO. The first-order valence-corrected chi connectivity index (χ1v) is 6.81.